The van der Waals surface area contributed by atoms with Crippen molar-refractivity contribution >= 4 is 17.8 Å². The minimum Gasteiger partial charge on any atom is -0.445 e. The Labute approximate surface area is 283 Å². The molecule has 272 valence electrons. The lowest BCUT2D eigenvalue weighted by Gasteiger charge is -2.30. The summed E-state index contributed by atoms with van der Waals surface area (Å²) in [7, 11) is 1.18. The maximum atomic E-state index is 14.3. The number of amides is 2. The van der Waals surface area contributed by atoms with Crippen molar-refractivity contribution < 1.29 is 59.0 Å². The van der Waals surface area contributed by atoms with E-state index in [9.17, 15) is 35.9 Å². The van der Waals surface area contributed by atoms with E-state index in [1.165, 1.54) is 36.8 Å². The zero-order valence-electron chi connectivity index (χ0n) is 30.5. The molecule has 0 aliphatic heterocycles. The Morgan fingerprint density at radius 2 is 1.65 bits per heavy atom. The van der Waals surface area contributed by atoms with E-state index in [1.807, 2.05) is 0 Å². The van der Waals surface area contributed by atoms with Crippen molar-refractivity contribution in [3.8, 4) is 0 Å². The van der Waals surface area contributed by atoms with Gasteiger partial charge in [-0.1, -0.05) is 30.3 Å². The molecule has 0 unspecified atom stereocenters. The third-order valence-corrected chi connectivity index (χ3v) is 6.53. The molecular weight excluding hydrogens is 666 g/mol. The van der Waals surface area contributed by atoms with Gasteiger partial charge in [-0.25, -0.2) is 19.1 Å². The van der Waals surface area contributed by atoms with E-state index in [0.29, 0.717) is 5.56 Å². The highest BCUT2D eigenvalue weighted by Crippen LogP contribution is 2.34. The largest absolute Gasteiger partial charge is 0.445 e. The molecule has 2 aromatic heterocycles. The second kappa shape index (κ2) is 16.0. The fourth-order valence-corrected chi connectivity index (χ4v) is 3.87. The van der Waals surface area contributed by atoms with Gasteiger partial charge in [0.1, 0.15) is 18.2 Å². The van der Waals surface area contributed by atoms with E-state index in [-0.39, 0.29) is 16.9 Å². The van der Waals surface area contributed by atoms with Crippen molar-refractivity contribution in [3.63, 3.8) is 0 Å². The lowest BCUT2D eigenvalue weighted by atomic mass is 10.1. The minimum atomic E-state index is -5.67. The third kappa shape index (κ3) is 12.0. The van der Waals surface area contributed by atoms with Crippen LogP contribution < -0.4 is 16.0 Å². The molecule has 3 aromatic rings. The average Bonchev–Trinajstić information content (AvgIpc) is 3.43. The molecular formula is C31H40F6N6O6. The molecule has 0 fully saturated rings. The average molecular weight is 710 g/mol. The summed E-state index contributed by atoms with van der Waals surface area (Å²) < 4.78 is 130. The maximum Gasteiger partial charge on any atom is 0.416 e. The van der Waals surface area contributed by atoms with Crippen molar-refractivity contribution in [2.24, 2.45) is 0 Å². The molecule has 12 nitrogen and oxygen atoms in total. The number of fused-ring (bicyclic) bond motifs is 1. The molecule has 0 radical (unpaired) electrons. The van der Waals surface area contributed by atoms with Crippen molar-refractivity contribution in [2.45, 2.75) is 82.9 Å². The molecule has 0 aliphatic carbocycles. The highest BCUT2D eigenvalue weighted by atomic mass is 19.4. The first kappa shape index (κ1) is 34.7. The van der Waals surface area contributed by atoms with Crippen LogP contribution in [0.2, 0.25) is 0 Å². The van der Waals surface area contributed by atoms with Crippen molar-refractivity contribution in [1.82, 2.24) is 30.5 Å². The van der Waals surface area contributed by atoms with E-state index in [1.54, 1.807) is 39.0 Å². The van der Waals surface area contributed by atoms with Crippen molar-refractivity contribution in [1.29, 1.82) is 0 Å². The first-order valence-corrected chi connectivity index (χ1v) is 14.7. The number of hydrogen-bond acceptors (Lipinski definition) is 9. The Bertz CT molecular complexity index is 1670. The van der Waals surface area contributed by atoms with Crippen molar-refractivity contribution in [2.75, 3.05) is 26.8 Å². The number of imidazole rings is 1. The first-order chi connectivity index (χ1) is 23.8. The number of nitrogens with one attached hydrogen (secondary N) is 3. The number of alkyl halides is 6. The van der Waals surface area contributed by atoms with Crippen LogP contribution in [0.15, 0.2) is 48.8 Å². The standard InChI is InChI=1S/C31H40F6N6O6/c1-28(2,3)49-27(45)41-23(18-48-29(4,5)31(35,36)37)21-15-43-25(40-21)12-20(13-39-43)22(17-46-6)38-14-24(30(32,33)34)42-26(44)47-16-19-10-8-7-9-11-19/h7-13,15,22-24,38H,14,16-18H2,1-6H3,(H,41,45)(H,42,44)/t22-,23+,24+/m1/s1/i14D2,24D. The van der Waals surface area contributed by atoms with Crippen molar-refractivity contribution in [3.05, 3.63) is 65.6 Å². The van der Waals surface area contributed by atoms with E-state index < -0.39 is 80.2 Å². The quantitative estimate of drug-likeness (QED) is 0.178. The molecule has 0 saturated heterocycles. The summed E-state index contributed by atoms with van der Waals surface area (Å²) in [6, 6.07) is 2.15. The molecule has 2 heterocycles. The van der Waals surface area contributed by atoms with Gasteiger partial charge < -0.3 is 34.9 Å². The van der Waals surface area contributed by atoms with E-state index in [2.05, 4.69) is 20.7 Å². The molecule has 0 bridgehead atoms. The summed E-state index contributed by atoms with van der Waals surface area (Å²) in [6.07, 6.45) is -10.8. The van der Waals surface area contributed by atoms with Crippen LogP contribution in [0, 0.1) is 0 Å². The number of aromatic nitrogens is 3. The van der Waals surface area contributed by atoms with Crippen LogP contribution in [-0.2, 0) is 25.6 Å². The van der Waals surface area contributed by atoms with E-state index >= 15 is 0 Å². The molecule has 3 atom stereocenters. The van der Waals surface area contributed by atoms with Gasteiger partial charge in [0.15, 0.2) is 11.2 Å². The van der Waals surface area contributed by atoms with Crippen LogP contribution in [-0.4, -0.2) is 83.2 Å². The molecule has 3 N–H and O–H groups in total. The van der Waals surface area contributed by atoms with Gasteiger partial charge in [0.2, 0.25) is 0 Å². The van der Waals surface area contributed by atoms with Gasteiger partial charge in [-0.2, -0.15) is 31.4 Å². The predicted molar refractivity (Wildman–Crippen MR) is 163 cm³/mol. The number of rotatable bonds is 14. The van der Waals surface area contributed by atoms with Crippen LogP contribution >= 0.6 is 0 Å². The molecule has 0 aliphatic rings. The third-order valence-electron chi connectivity index (χ3n) is 6.53. The number of carbonyl (C=O) groups is 2. The van der Waals surface area contributed by atoms with Crippen LogP contribution in [0.3, 0.4) is 0 Å². The summed E-state index contributed by atoms with van der Waals surface area (Å²) in [5.74, 6) is 0. The van der Waals surface area contributed by atoms with Gasteiger partial charge in [-0.15, -0.1) is 0 Å². The molecule has 3 rings (SSSR count). The minimum absolute atomic E-state index is 0.00217. The first-order valence-electron chi connectivity index (χ1n) is 16.2. The molecule has 0 saturated carbocycles. The molecule has 2 amide bonds. The van der Waals surface area contributed by atoms with Gasteiger partial charge in [0.05, 0.1) is 44.8 Å². The Hall–Kier alpha value is -4.16. The van der Waals surface area contributed by atoms with E-state index in [4.69, 9.17) is 23.1 Å². The van der Waals surface area contributed by atoms with Gasteiger partial charge in [-0.05, 0) is 51.8 Å². The Balaban J connectivity index is 1.92. The van der Waals surface area contributed by atoms with Crippen LogP contribution in [0.4, 0.5) is 35.9 Å². The fraction of sp³-hybridized carbons (Fsp3) is 0.548. The number of halogens is 6. The Morgan fingerprint density at radius 1 is 0.980 bits per heavy atom. The number of nitrogens with zero attached hydrogens (tertiary/aromatic N) is 3. The highest BCUT2D eigenvalue weighted by Gasteiger charge is 2.49. The van der Waals surface area contributed by atoms with Gasteiger partial charge in [0, 0.05) is 16.3 Å². The molecule has 49 heavy (non-hydrogen) atoms. The fourth-order valence-electron chi connectivity index (χ4n) is 3.87. The Kier molecular flexibility index (Phi) is 11.4. The second-order valence-electron chi connectivity index (χ2n) is 12.1. The number of methoxy groups -OCH3 is 1. The van der Waals surface area contributed by atoms with Crippen LogP contribution in [0.5, 0.6) is 0 Å². The Morgan fingerprint density at radius 3 is 2.24 bits per heavy atom. The number of benzene rings is 1. The monoisotopic (exact) mass is 709 g/mol. The smallest absolute Gasteiger partial charge is 0.416 e. The maximum absolute atomic E-state index is 14.3. The number of carbonyl (C=O) groups excluding carboxylic acids is 2. The zero-order valence-corrected chi connectivity index (χ0v) is 27.5. The predicted octanol–water partition coefficient (Wildman–Crippen LogP) is 5.79. The normalized spacial score (nSPS) is 16.4. The number of hydrogen-bond donors (Lipinski definition) is 3. The van der Waals surface area contributed by atoms with Gasteiger partial charge in [0.25, 0.3) is 0 Å². The van der Waals surface area contributed by atoms with Crippen LogP contribution in [0.25, 0.3) is 5.65 Å². The van der Waals surface area contributed by atoms with Gasteiger partial charge >= 0.3 is 24.5 Å². The van der Waals surface area contributed by atoms with Gasteiger partial charge in [-0.3, -0.25) is 0 Å². The lowest BCUT2D eigenvalue weighted by molar-refractivity contribution is -0.265. The topological polar surface area (TPSA) is 137 Å². The zero-order chi connectivity index (χ0) is 39.3. The molecule has 0 spiro atoms. The second-order valence-corrected chi connectivity index (χ2v) is 12.1. The number of ether oxygens (including phenoxy) is 4. The number of alkyl carbamates (subject to hydrolysis) is 2. The lowest BCUT2D eigenvalue weighted by Crippen LogP contribution is -2.52. The summed E-state index contributed by atoms with van der Waals surface area (Å²) in [4.78, 5) is 29.3. The SMILES string of the molecule is [2H]C([2H])(N[C@H](COC)c1cnn2cc([C@H](COC(C)(C)C(F)(F)F)NC(=O)OC(C)(C)C)nc2c1)[C@]([2H])(NC(=O)OCc1ccccc1)C(F)(F)F. The van der Waals surface area contributed by atoms with E-state index in [0.717, 1.165) is 24.6 Å². The summed E-state index contributed by atoms with van der Waals surface area (Å²) in [6.45, 7) is 0.915. The van der Waals surface area contributed by atoms with Crippen LogP contribution in [0.1, 0.15) is 67.6 Å². The molecule has 18 heteroatoms. The molecule has 1 aromatic carbocycles. The highest BCUT2D eigenvalue weighted by molar-refractivity contribution is 5.68. The summed E-state index contributed by atoms with van der Waals surface area (Å²) >= 11 is 0. The summed E-state index contributed by atoms with van der Waals surface area (Å²) in [5, 5.41) is 9.92. The summed E-state index contributed by atoms with van der Waals surface area (Å²) in [5.41, 5.74) is -3.24.